The Kier molecular flexibility index (Phi) is 5.03. The van der Waals surface area contributed by atoms with E-state index in [0.29, 0.717) is 18.8 Å². The molecule has 0 atom stereocenters. The highest BCUT2D eigenvalue weighted by molar-refractivity contribution is 7.89. The Morgan fingerprint density at radius 2 is 1.83 bits per heavy atom. The average molecular weight is 364 g/mol. The van der Waals surface area contributed by atoms with Crippen LogP contribution >= 0.6 is 11.3 Å². The van der Waals surface area contributed by atoms with E-state index in [1.165, 1.54) is 15.9 Å². The molecular formula is C17H20N2O3S2. The quantitative estimate of drug-likeness (QED) is 0.885. The van der Waals surface area contributed by atoms with Gasteiger partial charge in [-0.15, -0.1) is 11.3 Å². The summed E-state index contributed by atoms with van der Waals surface area (Å²) in [7, 11) is -3.59. The predicted molar refractivity (Wildman–Crippen MR) is 96.1 cm³/mol. The number of nitrogens with zero attached hydrogens (tertiary/aromatic N) is 1. The van der Waals surface area contributed by atoms with Crippen molar-refractivity contribution in [1.82, 2.24) is 4.31 Å². The molecule has 1 N–H and O–H groups in total. The third-order valence-corrected chi connectivity index (χ3v) is 7.12. The summed E-state index contributed by atoms with van der Waals surface area (Å²) < 4.78 is 26.9. The van der Waals surface area contributed by atoms with E-state index in [0.717, 1.165) is 30.6 Å². The number of hydrogen-bond acceptors (Lipinski definition) is 4. The Labute approximate surface area is 146 Å². The third-order valence-electron chi connectivity index (χ3n) is 4.14. The maximum Gasteiger partial charge on any atom is 0.267 e. The van der Waals surface area contributed by atoms with Gasteiger partial charge in [0.25, 0.3) is 5.91 Å². The lowest BCUT2D eigenvalue weighted by molar-refractivity contribution is 0.102. The number of aryl methyl sites for hydroxylation is 1. The van der Waals surface area contributed by atoms with Crippen LogP contribution in [-0.2, 0) is 16.4 Å². The molecule has 1 amide bonds. The van der Waals surface area contributed by atoms with E-state index in [1.807, 2.05) is 24.3 Å². The number of rotatable bonds is 5. The maximum atomic E-state index is 12.7. The minimum Gasteiger partial charge on any atom is -0.321 e. The molecule has 1 aromatic carbocycles. The molecule has 0 spiro atoms. The van der Waals surface area contributed by atoms with Gasteiger partial charge in [0.05, 0.1) is 0 Å². The van der Waals surface area contributed by atoms with Crippen LogP contribution in [0.15, 0.2) is 40.6 Å². The fourth-order valence-corrected chi connectivity index (χ4v) is 5.56. The van der Waals surface area contributed by atoms with Crippen molar-refractivity contribution in [1.29, 1.82) is 0 Å². The zero-order valence-electron chi connectivity index (χ0n) is 13.5. The first-order valence-electron chi connectivity index (χ1n) is 8.00. The number of nitrogens with one attached hydrogen (secondary N) is 1. The van der Waals surface area contributed by atoms with E-state index in [-0.39, 0.29) is 15.7 Å². The number of carbonyl (C=O) groups is 1. The molecule has 128 valence electrons. The number of sulfonamides is 1. The summed E-state index contributed by atoms with van der Waals surface area (Å²) in [6.07, 6.45) is 2.67. The summed E-state index contributed by atoms with van der Waals surface area (Å²) in [6.45, 7) is 3.12. The minimum absolute atomic E-state index is 0.108. The van der Waals surface area contributed by atoms with Crippen molar-refractivity contribution in [2.75, 3.05) is 18.4 Å². The van der Waals surface area contributed by atoms with Gasteiger partial charge in [-0.05, 0) is 48.4 Å². The summed E-state index contributed by atoms with van der Waals surface area (Å²) in [5.74, 6) is -0.382. The van der Waals surface area contributed by atoms with Crippen LogP contribution in [0.2, 0.25) is 0 Å². The summed E-state index contributed by atoms with van der Waals surface area (Å²) >= 11 is 1.15. The largest absolute Gasteiger partial charge is 0.321 e. The molecule has 3 rings (SSSR count). The zero-order valence-corrected chi connectivity index (χ0v) is 15.1. The van der Waals surface area contributed by atoms with E-state index >= 15 is 0 Å². The minimum atomic E-state index is -3.59. The molecule has 5 nitrogen and oxygen atoms in total. The Morgan fingerprint density at radius 1 is 1.17 bits per heavy atom. The lowest BCUT2D eigenvalue weighted by Gasteiger charge is -2.15. The highest BCUT2D eigenvalue weighted by Crippen LogP contribution is 2.28. The standard InChI is InChI=1S/C17H20N2O3S2/c1-2-13-5-7-14(8-6-13)18-17(20)16-15(9-12-23-16)24(21,22)19-10-3-4-11-19/h5-9,12H,2-4,10-11H2,1H3,(H,18,20). The number of amides is 1. The van der Waals surface area contributed by atoms with Gasteiger partial charge in [0.1, 0.15) is 9.77 Å². The second-order valence-corrected chi connectivity index (χ2v) is 8.55. The summed E-state index contributed by atoms with van der Waals surface area (Å²) in [5.41, 5.74) is 1.84. The Hall–Kier alpha value is -1.70. The third kappa shape index (κ3) is 3.38. The highest BCUT2D eigenvalue weighted by Gasteiger charge is 2.31. The fraction of sp³-hybridized carbons (Fsp3) is 0.353. The van der Waals surface area contributed by atoms with Gasteiger partial charge >= 0.3 is 0 Å². The Morgan fingerprint density at radius 3 is 2.46 bits per heavy atom. The zero-order chi connectivity index (χ0) is 17.2. The summed E-state index contributed by atoms with van der Waals surface area (Å²) in [4.78, 5) is 12.9. The molecule has 24 heavy (non-hydrogen) atoms. The number of anilines is 1. The molecular weight excluding hydrogens is 344 g/mol. The fourth-order valence-electron chi connectivity index (χ4n) is 2.75. The maximum absolute atomic E-state index is 12.7. The second kappa shape index (κ2) is 7.04. The predicted octanol–water partition coefficient (Wildman–Crippen LogP) is 3.35. The van der Waals surface area contributed by atoms with Crippen LogP contribution in [0.5, 0.6) is 0 Å². The molecule has 1 aliphatic heterocycles. The average Bonchev–Trinajstić information content (AvgIpc) is 3.27. The molecule has 1 aromatic heterocycles. The van der Waals surface area contributed by atoms with Crippen LogP contribution in [0.4, 0.5) is 5.69 Å². The van der Waals surface area contributed by atoms with Crippen molar-refractivity contribution in [3.63, 3.8) is 0 Å². The number of hydrogen-bond donors (Lipinski definition) is 1. The van der Waals surface area contributed by atoms with E-state index in [9.17, 15) is 13.2 Å². The molecule has 2 heterocycles. The van der Waals surface area contributed by atoms with Crippen molar-refractivity contribution in [3.05, 3.63) is 46.2 Å². The van der Waals surface area contributed by atoms with Crippen molar-refractivity contribution in [2.45, 2.75) is 31.1 Å². The smallest absolute Gasteiger partial charge is 0.267 e. The van der Waals surface area contributed by atoms with E-state index in [4.69, 9.17) is 0 Å². The molecule has 0 bridgehead atoms. The molecule has 0 saturated carbocycles. The first-order valence-corrected chi connectivity index (χ1v) is 10.3. The molecule has 1 aliphatic rings. The first-order chi connectivity index (χ1) is 11.5. The van der Waals surface area contributed by atoms with E-state index in [1.54, 1.807) is 5.38 Å². The van der Waals surface area contributed by atoms with Crippen LogP contribution in [0.1, 0.15) is 35.0 Å². The van der Waals surface area contributed by atoms with Crippen molar-refractivity contribution in [3.8, 4) is 0 Å². The van der Waals surface area contributed by atoms with Gasteiger partial charge < -0.3 is 5.32 Å². The van der Waals surface area contributed by atoms with Gasteiger partial charge in [0.15, 0.2) is 0 Å². The molecule has 0 unspecified atom stereocenters. The molecule has 2 aromatic rings. The topological polar surface area (TPSA) is 66.5 Å². The first kappa shape index (κ1) is 17.1. The van der Waals surface area contributed by atoms with Crippen molar-refractivity contribution in [2.24, 2.45) is 0 Å². The Bertz CT molecular complexity index is 820. The molecule has 0 radical (unpaired) electrons. The van der Waals surface area contributed by atoms with Gasteiger partial charge in [0.2, 0.25) is 10.0 Å². The van der Waals surface area contributed by atoms with Crippen LogP contribution in [0, 0.1) is 0 Å². The monoisotopic (exact) mass is 364 g/mol. The summed E-state index contributed by atoms with van der Waals surface area (Å²) in [6, 6.07) is 9.09. The molecule has 1 saturated heterocycles. The van der Waals surface area contributed by atoms with Crippen LogP contribution in [-0.4, -0.2) is 31.7 Å². The normalized spacial score (nSPS) is 15.5. The van der Waals surface area contributed by atoms with Crippen molar-refractivity contribution >= 4 is 33.0 Å². The van der Waals surface area contributed by atoms with Gasteiger partial charge in [-0.3, -0.25) is 4.79 Å². The SMILES string of the molecule is CCc1ccc(NC(=O)c2sccc2S(=O)(=O)N2CCCC2)cc1. The lowest BCUT2D eigenvalue weighted by atomic mass is 10.1. The molecule has 1 fully saturated rings. The molecule has 7 heteroatoms. The Balaban J connectivity index is 1.82. The van der Waals surface area contributed by atoms with Gasteiger partial charge in [-0.25, -0.2) is 8.42 Å². The van der Waals surface area contributed by atoms with Gasteiger partial charge in [-0.2, -0.15) is 4.31 Å². The van der Waals surface area contributed by atoms with Gasteiger partial charge in [-0.1, -0.05) is 19.1 Å². The highest BCUT2D eigenvalue weighted by atomic mass is 32.2. The number of benzene rings is 1. The summed E-state index contributed by atoms with van der Waals surface area (Å²) in [5, 5.41) is 4.44. The van der Waals surface area contributed by atoms with Gasteiger partial charge in [0, 0.05) is 18.8 Å². The number of carbonyl (C=O) groups excluding carboxylic acids is 1. The lowest BCUT2D eigenvalue weighted by Crippen LogP contribution is -2.29. The van der Waals surface area contributed by atoms with Crippen LogP contribution in [0.25, 0.3) is 0 Å². The van der Waals surface area contributed by atoms with E-state index in [2.05, 4.69) is 12.2 Å². The van der Waals surface area contributed by atoms with Crippen LogP contribution < -0.4 is 5.32 Å². The second-order valence-electron chi connectivity index (χ2n) is 5.73. The van der Waals surface area contributed by atoms with Crippen LogP contribution in [0.3, 0.4) is 0 Å². The number of thiophene rings is 1. The molecule has 0 aliphatic carbocycles. The van der Waals surface area contributed by atoms with Crippen molar-refractivity contribution < 1.29 is 13.2 Å². The van der Waals surface area contributed by atoms with E-state index < -0.39 is 10.0 Å².